The Morgan fingerprint density at radius 3 is 2.29 bits per heavy atom. The van der Waals surface area contributed by atoms with Gasteiger partial charge in [0.2, 0.25) is 5.91 Å². The third kappa shape index (κ3) is 5.02. The molecule has 0 saturated carbocycles. The Hall–Kier alpha value is -1.32. The molecule has 1 amide bonds. The molecule has 0 aliphatic rings. The summed E-state index contributed by atoms with van der Waals surface area (Å²) in [4.78, 5) is 25.2. The number of nitrogens with zero attached hydrogens (tertiary/aromatic N) is 1. The van der Waals surface area contributed by atoms with E-state index in [2.05, 4.69) is 6.58 Å². The number of esters is 1. The van der Waals surface area contributed by atoms with Crippen molar-refractivity contribution in [2.45, 2.75) is 40.2 Å². The number of carbonyl (C=O) groups excluding carboxylic acids is 2. The minimum atomic E-state index is -0.489. The Morgan fingerprint density at radius 1 is 1.35 bits per heavy atom. The maximum atomic E-state index is 12.1. The van der Waals surface area contributed by atoms with Crippen molar-refractivity contribution in [2.24, 2.45) is 5.92 Å². The minimum Gasteiger partial charge on any atom is -0.466 e. The summed E-state index contributed by atoms with van der Waals surface area (Å²) in [5.41, 5.74) is 0. The fourth-order valence-corrected chi connectivity index (χ4v) is 1.66. The molecule has 17 heavy (non-hydrogen) atoms. The quantitative estimate of drug-likeness (QED) is 0.506. The zero-order chi connectivity index (χ0) is 13.4. The highest BCUT2D eigenvalue weighted by Crippen LogP contribution is 2.13. The summed E-state index contributed by atoms with van der Waals surface area (Å²) in [6.07, 6.45) is 1.59. The predicted octanol–water partition coefficient (Wildman–Crippen LogP) is 2.00. The first-order chi connectivity index (χ1) is 7.97. The molecule has 0 bridgehead atoms. The maximum absolute atomic E-state index is 12.1. The van der Waals surface area contributed by atoms with Crippen molar-refractivity contribution in [3.05, 3.63) is 12.7 Å². The van der Waals surface area contributed by atoms with E-state index in [0.29, 0.717) is 13.2 Å². The molecule has 98 valence electrons. The van der Waals surface area contributed by atoms with Crippen LogP contribution >= 0.6 is 0 Å². The zero-order valence-corrected chi connectivity index (χ0v) is 11.2. The molecule has 0 N–H and O–H groups in total. The Bertz CT molecular complexity index is 274. The number of carbonyl (C=O) groups is 2. The Balaban J connectivity index is 4.59. The molecule has 4 nitrogen and oxygen atoms in total. The van der Waals surface area contributed by atoms with Gasteiger partial charge in [-0.05, 0) is 27.7 Å². The van der Waals surface area contributed by atoms with Gasteiger partial charge in [-0.15, -0.1) is 6.58 Å². The zero-order valence-electron chi connectivity index (χ0n) is 11.2. The second-order valence-electron chi connectivity index (χ2n) is 4.07. The van der Waals surface area contributed by atoms with Crippen molar-refractivity contribution in [3.8, 4) is 0 Å². The second kappa shape index (κ2) is 7.87. The van der Waals surface area contributed by atoms with E-state index in [9.17, 15) is 9.59 Å². The smallest absolute Gasteiger partial charge is 0.306 e. The first-order valence-electron chi connectivity index (χ1n) is 6.06. The molecular weight excluding hydrogens is 218 g/mol. The van der Waals surface area contributed by atoms with Gasteiger partial charge < -0.3 is 9.64 Å². The van der Waals surface area contributed by atoms with Crippen LogP contribution in [0, 0.1) is 5.92 Å². The van der Waals surface area contributed by atoms with Crippen LogP contribution in [0.5, 0.6) is 0 Å². The third-order valence-corrected chi connectivity index (χ3v) is 2.54. The standard InChI is InChI=1S/C13H23NO3/c1-6-11(9-12(15)17-8-3)13(16)14(7-2)10(4)5/h6,10-11H,1,7-9H2,2-5H3. The maximum Gasteiger partial charge on any atom is 0.306 e. The lowest BCUT2D eigenvalue weighted by Crippen LogP contribution is -2.40. The molecule has 1 atom stereocenters. The van der Waals surface area contributed by atoms with E-state index in [0.717, 1.165) is 0 Å². The average Bonchev–Trinajstić information content (AvgIpc) is 2.26. The molecule has 0 aromatic carbocycles. The first kappa shape index (κ1) is 15.7. The van der Waals surface area contributed by atoms with Gasteiger partial charge in [-0.1, -0.05) is 6.08 Å². The molecule has 0 spiro atoms. The average molecular weight is 241 g/mol. The fourth-order valence-electron chi connectivity index (χ4n) is 1.66. The lowest BCUT2D eigenvalue weighted by atomic mass is 10.0. The van der Waals surface area contributed by atoms with Gasteiger partial charge in [-0.2, -0.15) is 0 Å². The molecule has 1 unspecified atom stereocenters. The van der Waals surface area contributed by atoms with Gasteiger partial charge in [0, 0.05) is 12.6 Å². The van der Waals surface area contributed by atoms with Gasteiger partial charge in [0.1, 0.15) is 0 Å². The normalized spacial score (nSPS) is 12.1. The molecule has 0 aliphatic heterocycles. The SMILES string of the molecule is C=CC(CC(=O)OCC)C(=O)N(CC)C(C)C. The van der Waals surface area contributed by atoms with E-state index < -0.39 is 5.92 Å². The van der Waals surface area contributed by atoms with Gasteiger partial charge in [0.25, 0.3) is 0 Å². The Morgan fingerprint density at radius 2 is 1.94 bits per heavy atom. The first-order valence-corrected chi connectivity index (χ1v) is 6.06. The largest absolute Gasteiger partial charge is 0.466 e. The third-order valence-electron chi connectivity index (χ3n) is 2.54. The summed E-state index contributed by atoms with van der Waals surface area (Å²) in [6, 6.07) is 0.122. The van der Waals surface area contributed by atoms with Crippen molar-refractivity contribution >= 4 is 11.9 Å². The Kier molecular flexibility index (Phi) is 7.26. The van der Waals surface area contributed by atoms with E-state index >= 15 is 0 Å². The minimum absolute atomic E-state index is 0.0643. The lowest BCUT2D eigenvalue weighted by molar-refractivity contribution is -0.148. The monoisotopic (exact) mass is 241 g/mol. The second-order valence-corrected chi connectivity index (χ2v) is 4.07. The van der Waals surface area contributed by atoms with Crippen LogP contribution in [0.3, 0.4) is 0 Å². The molecule has 0 aromatic heterocycles. The number of hydrogen-bond donors (Lipinski definition) is 0. The van der Waals surface area contributed by atoms with Crippen LogP contribution in [0.25, 0.3) is 0 Å². The van der Waals surface area contributed by atoms with E-state index in [1.807, 2.05) is 20.8 Å². The van der Waals surface area contributed by atoms with Crippen LogP contribution in [0.4, 0.5) is 0 Å². The summed E-state index contributed by atoms with van der Waals surface area (Å²) >= 11 is 0. The van der Waals surface area contributed by atoms with Crippen LogP contribution in [-0.4, -0.2) is 36.0 Å². The van der Waals surface area contributed by atoms with Gasteiger partial charge in [-0.25, -0.2) is 0 Å². The molecule has 0 aliphatic carbocycles. The molecular formula is C13H23NO3. The van der Waals surface area contributed by atoms with E-state index in [1.165, 1.54) is 6.08 Å². The molecule has 0 fully saturated rings. The molecule has 0 radical (unpaired) electrons. The Labute approximate surface area is 104 Å². The highest BCUT2D eigenvalue weighted by Gasteiger charge is 2.25. The summed E-state index contributed by atoms with van der Waals surface area (Å²) in [6.45, 7) is 12.1. The topological polar surface area (TPSA) is 46.6 Å². The van der Waals surface area contributed by atoms with Gasteiger partial charge in [0.15, 0.2) is 0 Å². The van der Waals surface area contributed by atoms with Crippen molar-refractivity contribution in [2.75, 3.05) is 13.2 Å². The van der Waals surface area contributed by atoms with Crippen molar-refractivity contribution < 1.29 is 14.3 Å². The summed E-state index contributed by atoms with van der Waals surface area (Å²) in [7, 11) is 0. The highest BCUT2D eigenvalue weighted by atomic mass is 16.5. The molecule has 0 aromatic rings. The summed E-state index contributed by atoms with van der Waals surface area (Å²) in [5.74, 6) is -0.910. The van der Waals surface area contributed by atoms with Crippen LogP contribution < -0.4 is 0 Å². The van der Waals surface area contributed by atoms with Crippen molar-refractivity contribution in [1.82, 2.24) is 4.90 Å². The van der Waals surface area contributed by atoms with Crippen LogP contribution in [0.1, 0.15) is 34.1 Å². The van der Waals surface area contributed by atoms with E-state index in [4.69, 9.17) is 4.74 Å². The highest BCUT2D eigenvalue weighted by molar-refractivity contribution is 5.85. The van der Waals surface area contributed by atoms with Crippen LogP contribution in [0.15, 0.2) is 12.7 Å². The molecule has 4 heteroatoms. The van der Waals surface area contributed by atoms with Gasteiger partial charge >= 0.3 is 5.97 Å². The number of rotatable bonds is 7. The van der Waals surface area contributed by atoms with Gasteiger partial charge in [0.05, 0.1) is 18.9 Å². The van der Waals surface area contributed by atoms with Crippen molar-refractivity contribution in [3.63, 3.8) is 0 Å². The van der Waals surface area contributed by atoms with Crippen molar-refractivity contribution in [1.29, 1.82) is 0 Å². The van der Waals surface area contributed by atoms with Gasteiger partial charge in [-0.3, -0.25) is 9.59 Å². The molecule has 0 heterocycles. The number of ether oxygens (including phenoxy) is 1. The predicted molar refractivity (Wildman–Crippen MR) is 67.5 cm³/mol. The number of hydrogen-bond acceptors (Lipinski definition) is 3. The van der Waals surface area contributed by atoms with E-state index in [1.54, 1.807) is 11.8 Å². The fraction of sp³-hybridized carbons (Fsp3) is 0.692. The lowest BCUT2D eigenvalue weighted by Gasteiger charge is -2.28. The summed E-state index contributed by atoms with van der Waals surface area (Å²) in [5, 5.41) is 0. The molecule has 0 saturated heterocycles. The van der Waals surface area contributed by atoms with Crippen LogP contribution in [0.2, 0.25) is 0 Å². The number of amides is 1. The van der Waals surface area contributed by atoms with Crippen LogP contribution in [-0.2, 0) is 14.3 Å². The molecule has 0 rings (SSSR count). The summed E-state index contributed by atoms with van der Waals surface area (Å²) < 4.78 is 4.84. The van der Waals surface area contributed by atoms with E-state index in [-0.39, 0.29) is 24.3 Å².